The van der Waals surface area contributed by atoms with E-state index in [2.05, 4.69) is 64.6 Å². The summed E-state index contributed by atoms with van der Waals surface area (Å²) in [6.07, 6.45) is 0. The fourth-order valence-electron chi connectivity index (χ4n) is 4.03. The number of halogens is 1. The summed E-state index contributed by atoms with van der Waals surface area (Å²) in [5.41, 5.74) is 4.60. The first kappa shape index (κ1) is 22.0. The second kappa shape index (κ2) is 8.20. The molecule has 29 heavy (non-hydrogen) atoms. The minimum absolute atomic E-state index is 0.0586. The Kier molecular flexibility index (Phi) is 6.21. The topological polar surface area (TPSA) is 27.9 Å². The Morgan fingerprint density at radius 2 is 1.62 bits per heavy atom. The van der Waals surface area contributed by atoms with Crippen LogP contribution in [0.25, 0.3) is 0 Å². The summed E-state index contributed by atoms with van der Waals surface area (Å²) in [5.74, 6) is 0.482. The minimum Gasteiger partial charge on any atom is -0.507 e. The van der Waals surface area contributed by atoms with E-state index in [1.54, 1.807) is 0 Å². The van der Waals surface area contributed by atoms with Crippen molar-refractivity contribution in [3.63, 3.8) is 0 Å². The van der Waals surface area contributed by atoms with E-state index in [0.29, 0.717) is 5.75 Å². The average Bonchev–Trinajstić information content (AvgIpc) is 2.62. The van der Waals surface area contributed by atoms with Crippen LogP contribution in [0.4, 0.5) is 5.69 Å². The second-order valence-corrected chi connectivity index (χ2v) is 10.9. The molecule has 4 heteroatoms. The standard InChI is InChI=1S/C25H35ClN2O/c1-24(2,3)19-14-18(23(29)22(15-19)25(4,5)6)17-27-10-12-28(13-11-27)21-9-7-8-20(26)16-21/h7-9,14-16,29H,10-13,17H2,1-6H3/p+1. The van der Waals surface area contributed by atoms with E-state index in [4.69, 9.17) is 11.6 Å². The number of rotatable bonds is 3. The van der Waals surface area contributed by atoms with Gasteiger partial charge < -0.3 is 14.9 Å². The molecule has 3 rings (SSSR count). The van der Waals surface area contributed by atoms with Crippen molar-refractivity contribution in [2.24, 2.45) is 0 Å². The van der Waals surface area contributed by atoms with Gasteiger partial charge >= 0.3 is 0 Å². The van der Waals surface area contributed by atoms with E-state index in [9.17, 15) is 5.11 Å². The fraction of sp³-hybridized carbons (Fsp3) is 0.520. The largest absolute Gasteiger partial charge is 0.507 e. The maximum atomic E-state index is 11.1. The van der Waals surface area contributed by atoms with Gasteiger partial charge in [0.1, 0.15) is 12.3 Å². The predicted molar refractivity (Wildman–Crippen MR) is 124 cm³/mol. The first-order valence-electron chi connectivity index (χ1n) is 10.7. The van der Waals surface area contributed by atoms with E-state index in [1.807, 2.05) is 18.2 Å². The molecule has 0 aliphatic carbocycles. The van der Waals surface area contributed by atoms with Gasteiger partial charge in [-0.3, -0.25) is 0 Å². The molecule has 0 aromatic heterocycles. The number of phenols is 1. The van der Waals surface area contributed by atoms with Crippen molar-refractivity contribution < 1.29 is 10.0 Å². The molecule has 0 unspecified atom stereocenters. The monoisotopic (exact) mass is 415 g/mol. The van der Waals surface area contributed by atoms with Gasteiger partial charge in [-0.2, -0.15) is 0 Å². The molecule has 1 fully saturated rings. The highest BCUT2D eigenvalue weighted by atomic mass is 35.5. The SMILES string of the molecule is CC(C)(C)c1cc(C[NH+]2CCN(c3cccc(Cl)c3)CC2)c(O)c(C(C)(C)C)c1. The highest BCUT2D eigenvalue weighted by Crippen LogP contribution is 2.37. The summed E-state index contributed by atoms with van der Waals surface area (Å²) < 4.78 is 0. The van der Waals surface area contributed by atoms with Crippen LogP contribution in [0.2, 0.25) is 5.02 Å². The lowest BCUT2D eigenvalue weighted by atomic mass is 9.79. The molecule has 3 nitrogen and oxygen atoms in total. The van der Waals surface area contributed by atoms with Crippen LogP contribution in [-0.4, -0.2) is 31.3 Å². The van der Waals surface area contributed by atoms with Crippen LogP contribution in [0.3, 0.4) is 0 Å². The van der Waals surface area contributed by atoms with Gasteiger partial charge in [-0.25, -0.2) is 0 Å². The van der Waals surface area contributed by atoms with Crippen molar-refractivity contribution in [2.75, 3.05) is 31.1 Å². The Labute approximate surface area is 181 Å². The number of anilines is 1. The molecule has 0 bridgehead atoms. The number of nitrogens with zero attached hydrogens (tertiary/aromatic N) is 1. The number of hydrogen-bond donors (Lipinski definition) is 2. The lowest BCUT2D eigenvalue weighted by Crippen LogP contribution is -3.13. The molecule has 0 saturated carbocycles. The number of phenolic OH excluding ortho intramolecular Hbond substituents is 1. The Balaban J connectivity index is 1.78. The van der Waals surface area contributed by atoms with Gasteiger partial charge in [0.15, 0.2) is 0 Å². The molecule has 0 radical (unpaired) electrons. The van der Waals surface area contributed by atoms with E-state index in [0.717, 1.165) is 48.9 Å². The van der Waals surface area contributed by atoms with Crippen LogP contribution in [-0.2, 0) is 17.4 Å². The number of quaternary nitrogens is 1. The maximum absolute atomic E-state index is 11.1. The number of benzene rings is 2. The number of hydrogen-bond acceptors (Lipinski definition) is 2. The zero-order chi connectivity index (χ0) is 21.4. The van der Waals surface area contributed by atoms with Crippen LogP contribution in [0.1, 0.15) is 58.2 Å². The zero-order valence-electron chi connectivity index (χ0n) is 18.8. The molecule has 2 aromatic carbocycles. The third kappa shape index (κ3) is 5.26. The molecule has 1 aliphatic rings. The molecule has 1 saturated heterocycles. The minimum atomic E-state index is -0.0826. The highest BCUT2D eigenvalue weighted by molar-refractivity contribution is 6.30. The Bertz CT molecular complexity index is 856. The molecular weight excluding hydrogens is 380 g/mol. The summed E-state index contributed by atoms with van der Waals surface area (Å²) in [6.45, 7) is 18.2. The molecule has 1 heterocycles. The second-order valence-electron chi connectivity index (χ2n) is 10.4. The van der Waals surface area contributed by atoms with Gasteiger partial charge in [-0.05, 0) is 40.7 Å². The van der Waals surface area contributed by atoms with Gasteiger partial charge in [0.05, 0.1) is 26.2 Å². The Morgan fingerprint density at radius 3 is 2.17 bits per heavy atom. The number of aromatic hydroxyl groups is 1. The van der Waals surface area contributed by atoms with Crippen LogP contribution >= 0.6 is 11.6 Å². The molecule has 1 aliphatic heterocycles. The van der Waals surface area contributed by atoms with Gasteiger partial charge in [0.2, 0.25) is 0 Å². The van der Waals surface area contributed by atoms with Crippen molar-refractivity contribution in [3.05, 3.63) is 58.1 Å². The quantitative estimate of drug-likeness (QED) is 0.769. The number of piperazine rings is 1. The van der Waals surface area contributed by atoms with Gasteiger partial charge in [-0.15, -0.1) is 0 Å². The summed E-state index contributed by atoms with van der Waals surface area (Å²) in [7, 11) is 0. The lowest BCUT2D eigenvalue weighted by molar-refractivity contribution is -0.914. The molecular formula is C25H36ClN2O+. The number of nitrogens with one attached hydrogen (secondary N) is 1. The first-order valence-corrected chi connectivity index (χ1v) is 11.0. The van der Waals surface area contributed by atoms with Crippen molar-refractivity contribution in [1.82, 2.24) is 0 Å². The summed E-state index contributed by atoms with van der Waals surface area (Å²) in [6, 6.07) is 12.5. The van der Waals surface area contributed by atoms with Gasteiger partial charge in [-0.1, -0.05) is 65.3 Å². The van der Waals surface area contributed by atoms with Crippen LogP contribution in [0.15, 0.2) is 36.4 Å². The van der Waals surface area contributed by atoms with Crippen molar-refractivity contribution in [2.45, 2.75) is 58.9 Å². The zero-order valence-corrected chi connectivity index (χ0v) is 19.5. The smallest absolute Gasteiger partial charge is 0.128 e. The van der Waals surface area contributed by atoms with Crippen molar-refractivity contribution in [3.8, 4) is 5.75 Å². The van der Waals surface area contributed by atoms with Crippen LogP contribution < -0.4 is 9.80 Å². The molecule has 158 valence electrons. The predicted octanol–water partition coefficient (Wildman–Crippen LogP) is 4.55. The summed E-state index contributed by atoms with van der Waals surface area (Å²) in [4.78, 5) is 3.92. The summed E-state index contributed by atoms with van der Waals surface area (Å²) >= 11 is 6.16. The molecule has 0 amide bonds. The Hall–Kier alpha value is -1.71. The van der Waals surface area contributed by atoms with Crippen LogP contribution in [0, 0.1) is 0 Å². The van der Waals surface area contributed by atoms with Crippen molar-refractivity contribution >= 4 is 17.3 Å². The average molecular weight is 416 g/mol. The fourth-order valence-corrected chi connectivity index (χ4v) is 4.22. The molecule has 2 N–H and O–H groups in total. The molecule has 2 aromatic rings. The third-order valence-corrected chi connectivity index (χ3v) is 6.18. The normalized spacial score (nSPS) is 16.3. The summed E-state index contributed by atoms with van der Waals surface area (Å²) in [5, 5.41) is 11.9. The molecule has 0 spiro atoms. The first-order chi connectivity index (χ1) is 13.4. The third-order valence-electron chi connectivity index (χ3n) is 5.95. The lowest BCUT2D eigenvalue weighted by Gasteiger charge is -2.34. The van der Waals surface area contributed by atoms with E-state index in [-0.39, 0.29) is 10.8 Å². The van der Waals surface area contributed by atoms with Gasteiger partial charge in [0.25, 0.3) is 0 Å². The van der Waals surface area contributed by atoms with E-state index >= 15 is 0 Å². The van der Waals surface area contributed by atoms with E-state index < -0.39 is 0 Å². The van der Waals surface area contributed by atoms with E-state index in [1.165, 1.54) is 16.2 Å². The Morgan fingerprint density at radius 1 is 0.966 bits per heavy atom. The highest BCUT2D eigenvalue weighted by Gasteiger charge is 2.27. The maximum Gasteiger partial charge on any atom is 0.128 e. The van der Waals surface area contributed by atoms with Gasteiger partial charge in [0, 0.05) is 21.8 Å². The van der Waals surface area contributed by atoms with Crippen LogP contribution in [0.5, 0.6) is 5.75 Å². The molecule has 0 atom stereocenters. The van der Waals surface area contributed by atoms with Crippen molar-refractivity contribution in [1.29, 1.82) is 0 Å².